The lowest BCUT2D eigenvalue weighted by atomic mass is 9.85. The van der Waals surface area contributed by atoms with Crippen LogP contribution in [0.4, 0.5) is 4.39 Å². The van der Waals surface area contributed by atoms with Gasteiger partial charge in [0.15, 0.2) is 0 Å². The van der Waals surface area contributed by atoms with E-state index >= 15 is 0 Å². The summed E-state index contributed by atoms with van der Waals surface area (Å²) in [5.74, 6) is -2.25. The second kappa shape index (κ2) is 8.35. The van der Waals surface area contributed by atoms with Crippen LogP contribution in [0, 0.1) is 11.7 Å². The predicted molar refractivity (Wildman–Crippen MR) is 101 cm³/mol. The topological polar surface area (TPSA) is 55.4 Å². The lowest BCUT2D eigenvalue weighted by Gasteiger charge is -2.22. The summed E-state index contributed by atoms with van der Waals surface area (Å²) >= 11 is 5.92. The smallest absolute Gasteiger partial charge is 0.313 e. The van der Waals surface area contributed by atoms with Gasteiger partial charge in [-0.3, -0.25) is 9.59 Å². The van der Waals surface area contributed by atoms with Gasteiger partial charge in [0.2, 0.25) is 0 Å². The standard InChI is InChI=1S/C21H19ClFNO3/c1-27-21(26)19(17-7-2-3-8-18(17)23)13-9-10-16(12-13)24-20(25)14-5-4-6-15(22)11-14/h2-11,13,16,19H,12H2,1H3,(H,24,25). The Bertz CT molecular complexity index is 883. The van der Waals surface area contributed by atoms with Crippen LogP contribution in [-0.2, 0) is 9.53 Å². The third-order valence-corrected chi connectivity index (χ3v) is 4.88. The van der Waals surface area contributed by atoms with Crippen molar-refractivity contribution in [3.05, 3.63) is 82.6 Å². The number of ether oxygens (including phenoxy) is 1. The molecule has 2 aromatic carbocycles. The number of methoxy groups -OCH3 is 1. The Labute approximate surface area is 162 Å². The quantitative estimate of drug-likeness (QED) is 0.620. The van der Waals surface area contributed by atoms with Gasteiger partial charge in [0, 0.05) is 22.2 Å². The highest BCUT2D eigenvalue weighted by molar-refractivity contribution is 6.30. The van der Waals surface area contributed by atoms with Gasteiger partial charge in [0.1, 0.15) is 5.82 Å². The van der Waals surface area contributed by atoms with Crippen LogP contribution >= 0.6 is 11.6 Å². The van der Waals surface area contributed by atoms with E-state index in [1.54, 1.807) is 42.5 Å². The zero-order valence-electron chi connectivity index (χ0n) is 14.7. The van der Waals surface area contributed by atoms with Crippen molar-refractivity contribution >= 4 is 23.5 Å². The fourth-order valence-electron chi connectivity index (χ4n) is 3.35. The molecule has 0 aromatic heterocycles. The molecule has 1 aliphatic carbocycles. The monoisotopic (exact) mass is 387 g/mol. The molecule has 0 spiro atoms. The zero-order chi connectivity index (χ0) is 19.4. The first-order valence-electron chi connectivity index (χ1n) is 8.56. The van der Waals surface area contributed by atoms with Gasteiger partial charge in [0.05, 0.1) is 13.0 Å². The minimum Gasteiger partial charge on any atom is -0.469 e. The summed E-state index contributed by atoms with van der Waals surface area (Å²) in [4.78, 5) is 24.7. The van der Waals surface area contributed by atoms with Gasteiger partial charge in [-0.25, -0.2) is 4.39 Å². The van der Waals surface area contributed by atoms with Crippen molar-refractivity contribution in [3.63, 3.8) is 0 Å². The van der Waals surface area contributed by atoms with Crippen molar-refractivity contribution in [1.29, 1.82) is 0 Å². The first kappa shape index (κ1) is 19.1. The van der Waals surface area contributed by atoms with E-state index in [0.717, 1.165) is 0 Å². The second-order valence-electron chi connectivity index (χ2n) is 6.40. The molecule has 1 N–H and O–H groups in total. The summed E-state index contributed by atoms with van der Waals surface area (Å²) in [7, 11) is 1.28. The van der Waals surface area contributed by atoms with E-state index in [-0.39, 0.29) is 17.9 Å². The third kappa shape index (κ3) is 4.37. The first-order chi connectivity index (χ1) is 13.0. The molecule has 1 aliphatic rings. The molecule has 4 nitrogen and oxygen atoms in total. The molecule has 1 amide bonds. The highest BCUT2D eigenvalue weighted by atomic mass is 35.5. The van der Waals surface area contributed by atoms with E-state index in [9.17, 15) is 14.0 Å². The predicted octanol–water partition coefficient (Wildman–Crippen LogP) is 4.11. The van der Waals surface area contributed by atoms with Crippen molar-refractivity contribution in [2.24, 2.45) is 5.92 Å². The normalized spacial score (nSPS) is 19.5. The Balaban J connectivity index is 1.73. The number of carbonyl (C=O) groups is 2. The van der Waals surface area contributed by atoms with Crippen molar-refractivity contribution < 1.29 is 18.7 Å². The molecule has 0 fully saturated rings. The van der Waals surface area contributed by atoms with Crippen LogP contribution < -0.4 is 5.32 Å². The van der Waals surface area contributed by atoms with Gasteiger partial charge in [-0.05, 0) is 36.6 Å². The number of hydrogen-bond donors (Lipinski definition) is 1. The molecule has 0 aliphatic heterocycles. The van der Waals surface area contributed by atoms with Gasteiger partial charge in [-0.1, -0.05) is 48.0 Å². The van der Waals surface area contributed by atoms with E-state index in [1.807, 2.05) is 12.2 Å². The minimum absolute atomic E-state index is 0.256. The SMILES string of the molecule is COC(=O)C(c1ccccc1F)C1C=CC(NC(=O)c2cccc(Cl)c2)C1. The fourth-order valence-corrected chi connectivity index (χ4v) is 3.54. The molecule has 6 heteroatoms. The number of halogens is 2. The molecule has 0 radical (unpaired) electrons. The number of benzene rings is 2. The van der Waals surface area contributed by atoms with E-state index in [0.29, 0.717) is 22.6 Å². The molecule has 140 valence electrons. The number of rotatable bonds is 5. The third-order valence-electron chi connectivity index (χ3n) is 4.64. The number of nitrogens with one attached hydrogen (secondary N) is 1. The van der Waals surface area contributed by atoms with E-state index < -0.39 is 17.7 Å². The van der Waals surface area contributed by atoms with Crippen molar-refractivity contribution in [2.45, 2.75) is 18.4 Å². The molecule has 2 aromatic rings. The largest absolute Gasteiger partial charge is 0.469 e. The second-order valence-corrected chi connectivity index (χ2v) is 6.83. The maximum absolute atomic E-state index is 14.2. The molecular formula is C21H19ClFNO3. The lowest BCUT2D eigenvalue weighted by molar-refractivity contribution is -0.143. The van der Waals surface area contributed by atoms with E-state index in [2.05, 4.69) is 5.32 Å². The average Bonchev–Trinajstić information content (AvgIpc) is 3.11. The van der Waals surface area contributed by atoms with Crippen LogP contribution in [0.3, 0.4) is 0 Å². The summed E-state index contributed by atoms with van der Waals surface area (Å²) in [5.41, 5.74) is 0.749. The Kier molecular flexibility index (Phi) is 5.91. The van der Waals surface area contributed by atoms with Gasteiger partial charge in [-0.15, -0.1) is 0 Å². The lowest BCUT2D eigenvalue weighted by Crippen LogP contribution is -2.33. The number of carbonyl (C=O) groups excluding carboxylic acids is 2. The molecule has 3 unspecified atom stereocenters. The molecule has 0 saturated carbocycles. The van der Waals surface area contributed by atoms with Crippen molar-refractivity contribution in [3.8, 4) is 0 Å². The molecular weight excluding hydrogens is 369 g/mol. The van der Waals surface area contributed by atoms with Gasteiger partial charge < -0.3 is 10.1 Å². The van der Waals surface area contributed by atoms with Crippen LogP contribution in [0.15, 0.2) is 60.7 Å². The molecule has 3 rings (SSSR count). The minimum atomic E-state index is -0.763. The fraction of sp³-hybridized carbons (Fsp3) is 0.238. The Hall–Kier alpha value is -2.66. The molecule has 27 heavy (non-hydrogen) atoms. The van der Waals surface area contributed by atoms with Crippen LogP contribution in [0.1, 0.15) is 28.3 Å². The van der Waals surface area contributed by atoms with E-state index in [1.165, 1.54) is 13.2 Å². The van der Waals surface area contributed by atoms with E-state index in [4.69, 9.17) is 16.3 Å². The number of allylic oxidation sites excluding steroid dienone is 1. The Morgan fingerprint density at radius 3 is 2.67 bits per heavy atom. The molecule has 3 atom stereocenters. The zero-order valence-corrected chi connectivity index (χ0v) is 15.4. The number of amides is 1. The van der Waals surface area contributed by atoms with Gasteiger partial charge in [-0.2, -0.15) is 0 Å². The Morgan fingerprint density at radius 1 is 1.19 bits per heavy atom. The van der Waals surface area contributed by atoms with Crippen LogP contribution in [0.25, 0.3) is 0 Å². The van der Waals surface area contributed by atoms with Crippen LogP contribution in [0.5, 0.6) is 0 Å². The number of hydrogen-bond acceptors (Lipinski definition) is 3. The number of esters is 1. The van der Waals surface area contributed by atoms with Crippen molar-refractivity contribution in [1.82, 2.24) is 5.32 Å². The average molecular weight is 388 g/mol. The summed E-state index contributed by atoms with van der Waals surface area (Å²) < 4.78 is 19.1. The highest BCUT2D eigenvalue weighted by Gasteiger charge is 2.35. The summed E-state index contributed by atoms with van der Waals surface area (Å²) in [5, 5.41) is 3.38. The van der Waals surface area contributed by atoms with Crippen LogP contribution in [-0.4, -0.2) is 25.0 Å². The molecule has 0 bridgehead atoms. The maximum Gasteiger partial charge on any atom is 0.313 e. The Morgan fingerprint density at radius 2 is 1.96 bits per heavy atom. The maximum atomic E-state index is 14.2. The summed E-state index contributed by atoms with van der Waals surface area (Å²) in [6.45, 7) is 0. The summed E-state index contributed by atoms with van der Waals surface area (Å²) in [6.07, 6.45) is 4.13. The first-order valence-corrected chi connectivity index (χ1v) is 8.94. The van der Waals surface area contributed by atoms with Crippen LogP contribution in [0.2, 0.25) is 5.02 Å². The summed E-state index contributed by atoms with van der Waals surface area (Å²) in [6, 6.07) is 12.6. The van der Waals surface area contributed by atoms with Gasteiger partial charge in [0.25, 0.3) is 5.91 Å². The molecule has 0 saturated heterocycles. The van der Waals surface area contributed by atoms with Crippen molar-refractivity contribution in [2.75, 3.05) is 7.11 Å². The highest BCUT2D eigenvalue weighted by Crippen LogP contribution is 2.35. The molecule has 0 heterocycles. The van der Waals surface area contributed by atoms with Gasteiger partial charge >= 0.3 is 5.97 Å².